The molecule has 3 rings (SSSR count). The van der Waals surface area contributed by atoms with Gasteiger partial charge in [-0.15, -0.1) is 0 Å². The topological polar surface area (TPSA) is 30.2 Å². The van der Waals surface area contributed by atoms with Crippen LogP contribution in [0.2, 0.25) is 0 Å². The lowest BCUT2D eigenvalue weighted by Gasteiger charge is -2.03. The lowest BCUT2D eigenvalue weighted by molar-refractivity contribution is 0.630. The molecule has 5 heteroatoms. The summed E-state index contributed by atoms with van der Waals surface area (Å²) in [6, 6.07) is 8.35. The van der Waals surface area contributed by atoms with E-state index in [1.165, 1.54) is 6.07 Å². The van der Waals surface area contributed by atoms with Crippen molar-refractivity contribution in [1.29, 1.82) is 0 Å². The number of hydrogen-bond donors (Lipinski definition) is 0. The van der Waals surface area contributed by atoms with E-state index < -0.39 is 0 Å². The smallest absolute Gasteiger partial charge is 0.153 e. The number of fused-ring (bicyclic) bond motifs is 1. The first kappa shape index (κ1) is 10.4. The highest BCUT2D eigenvalue weighted by Crippen LogP contribution is 2.24. The molecular weight excluding hydrogens is 285 g/mol. The molecule has 0 N–H and O–H groups in total. The molecule has 0 aliphatic rings. The highest BCUT2D eigenvalue weighted by atomic mass is 79.9. The number of nitrogens with zero attached hydrogens (tertiary/aromatic N) is 3. The zero-order valence-electron chi connectivity index (χ0n) is 8.64. The molecule has 3 aromatic rings. The number of imidazole rings is 1. The second-order valence-electron chi connectivity index (χ2n) is 3.57. The van der Waals surface area contributed by atoms with Gasteiger partial charge in [-0.1, -0.05) is 15.9 Å². The van der Waals surface area contributed by atoms with Crippen molar-refractivity contribution in [2.45, 2.75) is 0 Å². The second-order valence-corrected chi connectivity index (χ2v) is 4.49. The van der Waals surface area contributed by atoms with E-state index >= 15 is 0 Å². The van der Waals surface area contributed by atoms with Crippen LogP contribution in [0, 0.1) is 5.82 Å². The van der Waals surface area contributed by atoms with Crippen molar-refractivity contribution in [1.82, 2.24) is 14.6 Å². The molecule has 2 heterocycles. The number of rotatable bonds is 1. The predicted molar refractivity (Wildman–Crippen MR) is 66.1 cm³/mol. The summed E-state index contributed by atoms with van der Waals surface area (Å²) in [6.45, 7) is 0. The molecule has 17 heavy (non-hydrogen) atoms. The van der Waals surface area contributed by atoms with Crippen molar-refractivity contribution in [2.75, 3.05) is 0 Å². The zero-order chi connectivity index (χ0) is 11.8. The van der Waals surface area contributed by atoms with E-state index in [2.05, 4.69) is 26.0 Å². The van der Waals surface area contributed by atoms with Crippen molar-refractivity contribution in [3.8, 4) is 11.3 Å². The summed E-state index contributed by atoms with van der Waals surface area (Å²) in [5, 5.41) is 4.30. The molecule has 0 saturated heterocycles. The highest BCUT2D eigenvalue weighted by molar-refractivity contribution is 9.10. The summed E-state index contributed by atoms with van der Waals surface area (Å²) < 4.78 is 16.1. The molecule has 0 aliphatic heterocycles. The molecule has 2 aromatic heterocycles. The summed E-state index contributed by atoms with van der Waals surface area (Å²) >= 11 is 3.32. The monoisotopic (exact) mass is 291 g/mol. The van der Waals surface area contributed by atoms with E-state index in [-0.39, 0.29) is 5.82 Å². The van der Waals surface area contributed by atoms with E-state index in [0.717, 1.165) is 10.1 Å². The first-order valence-corrected chi connectivity index (χ1v) is 5.79. The van der Waals surface area contributed by atoms with Gasteiger partial charge in [0.05, 0.1) is 5.69 Å². The molecule has 0 unspecified atom stereocenters. The summed E-state index contributed by atoms with van der Waals surface area (Å²) in [5.74, 6) is -0.292. The quantitative estimate of drug-likeness (QED) is 0.689. The van der Waals surface area contributed by atoms with E-state index in [0.29, 0.717) is 11.3 Å². The fraction of sp³-hybridized carbons (Fsp3) is 0. The fourth-order valence-corrected chi connectivity index (χ4v) is 2.01. The van der Waals surface area contributed by atoms with Gasteiger partial charge in [-0.2, -0.15) is 5.10 Å². The molecule has 0 radical (unpaired) electrons. The average molecular weight is 292 g/mol. The summed E-state index contributed by atoms with van der Waals surface area (Å²) in [7, 11) is 0. The Morgan fingerprint density at radius 3 is 2.94 bits per heavy atom. The Balaban J connectivity index is 2.22. The van der Waals surface area contributed by atoms with E-state index in [1.54, 1.807) is 35.1 Å². The first-order valence-electron chi connectivity index (χ1n) is 5.00. The van der Waals surface area contributed by atoms with Gasteiger partial charge in [0.25, 0.3) is 0 Å². The van der Waals surface area contributed by atoms with Gasteiger partial charge in [-0.05, 0) is 30.3 Å². The van der Waals surface area contributed by atoms with E-state index in [4.69, 9.17) is 0 Å². The van der Waals surface area contributed by atoms with Crippen LogP contribution in [-0.2, 0) is 0 Å². The SMILES string of the molecule is Fc1ccc(Br)cc1-c1ccc2nccn2n1. The molecule has 0 atom stereocenters. The number of hydrogen-bond acceptors (Lipinski definition) is 2. The van der Waals surface area contributed by atoms with Crippen molar-refractivity contribution in [2.24, 2.45) is 0 Å². The summed E-state index contributed by atoms with van der Waals surface area (Å²) in [6.07, 6.45) is 3.39. The van der Waals surface area contributed by atoms with Crippen LogP contribution in [0.3, 0.4) is 0 Å². The fourth-order valence-electron chi connectivity index (χ4n) is 1.65. The number of halogens is 2. The molecule has 0 fully saturated rings. The van der Waals surface area contributed by atoms with Gasteiger partial charge in [0, 0.05) is 22.4 Å². The Labute approximate surface area is 105 Å². The Bertz CT molecular complexity index is 693. The van der Waals surface area contributed by atoms with Crippen molar-refractivity contribution >= 4 is 21.6 Å². The lowest BCUT2D eigenvalue weighted by Crippen LogP contribution is -1.94. The van der Waals surface area contributed by atoms with Crippen molar-refractivity contribution < 1.29 is 4.39 Å². The Morgan fingerprint density at radius 1 is 1.18 bits per heavy atom. The third kappa shape index (κ3) is 1.82. The summed E-state index contributed by atoms with van der Waals surface area (Å²) in [4.78, 5) is 4.09. The van der Waals surface area contributed by atoms with Crippen LogP contribution >= 0.6 is 15.9 Å². The van der Waals surface area contributed by atoms with Gasteiger partial charge in [0.2, 0.25) is 0 Å². The lowest BCUT2D eigenvalue weighted by atomic mass is 10.1. The third-order valence-corrected chi connectivity index (χ3v) is 2.95. The van der Waals surface area contributed by atoms with Crippen molar-refractivity contribution in [3.63, 3.8) is 0 Å². The zero-order valence-corrected chi connectivity index (χ0v) is 10.2. The molecular formula is C12H7BrFN3. The van der Waals surface area contributed by atoms with Crippen LogP contribution in [0.5, 0.6) is 0 Å². The minimum atomic E-state index is -0.292. The highest BCUT2D eigenvalue weighted by Gasteiger charge is 2.08. The van der Waals surface area contributed by atoms with Crippen LogP contribution in [0.25, 0.3) is 16.9 Å². The van der Waals surface area contributed by atoms with Crippen LogP contribution in [0.15, 0.2) is 47.2 Å². The van der Waals surface area contributed by atoms with Gasteiger partial charge >= 0.3 is 0 Å². The molecule has 0 amide bonds. The number of benzene rings is 1. The Kier molecular flexibility index (Phi) is 2.40. The molecule has 1 aromatic carbocycles. The normalized spacial score (nSPS) is 10.9. The van der Waals surface area contributed by atoms with Gasteiger partial charge < -0.3 is 0 Å². The third-order valence-electron chi connectivity index (χ3n) is 2.46. The van der Waals surface area contributed by atoms with E-state index in [1.807, 2.05) is 6.07 Å². The largest absolute Gasteiger partial charge is 0.236 e. The number of aromatic nitrogens is 3. The predicted octanol–water partition coefficient (Wildman–Crippen LogP) is 3.30. The van der Waals surface area contributed by atoms with Crippen molar-refractivity contribution in [3.05, 3.63) is 53.0 Å². The first-order chi connectivity index (χ1) is 8.24. The van der Waals surface area contributed by atoms with Gasteiger partial charge in [-0.25, -0.2) is 13.9 Å². The van der Waals surface area contributed by atoms with Gasteiger partial charge in [0.1, 0.15) is 5.82 Å². The summed E-state index contributed by atoms with van der Waals surface area (Å²) in [5.41, 5.74) is 1.79. The maximum Gasteiger partial charge on any atom is 0.153 e. The standard InChI is InChI=1S/C12H7BrFN3/c13-8-1-2-10(14)9(7-8)11-3-4-12-15-5-6-17(12)16-11/h1-7H. The minimum absolute atomic E-state index is 0.292. The maximum absolute atomic E-state index is 13.7. The Morgan fingerprint density at radius 2 is 2.06 bits per heavy atom. The maximum atomic E-state index is 13.7. The van der Waals surface area contributed by atoms with E-state index in [9.17, 15) is 4.39 Å². The molecule has 0 saturated carbocycles. The molecule has 0 bridgehead atoms. The van der Waals surface area contributed by atoms with Crippen LogP contribution in [0.4, 0.5) is 4.39 Å². The average Bonchev–Trinajstić information content (AvgIpc) is 2.79. The van der Waals surface area contributed by atoms with Gasteiger partial charge in [0.15, 0.2) is 5.65 Å². The van der Waals surface area contributed by atoms with Gasteiger partial charge in [-0.3, -0.25) is 0 Å². The minimum Gasteiger partial charge on any atom is -0.236 e. The molecule has 3 nitrogen and oxygen atoms in total. The van der Waals surface area contributed by atoms with Crippen LogP contribution < -0.4 is 0 Å². The van der Waals surface area contributed by atoms with Crippen LogP contribution in [-0.4, -0.2) is 14.6 Å². The van der Waals surface area contributed by atoms with Crippen LogP contribution in [0.1, 0.15) is 0 Å². The Hall–Kier alpha value is -1.75. The molecule has 0 aliphatic carbocycles. The molecule has 0 spiro atoms. The molecule has 84 valence electrons. The second kappa shape index (κ2) is 3.92.